The third kappa shape index (κ3) is 7.26. The van der Waals surface area contributed by atoms with Gasteiger partial charge in [-0.1, -0.05) is 15.9 Å². The molecule has 0 aromatic heterocycles. The summed E-state index contributed by atoms with van der Waals surface area (Å²) in [7, 11) is 1.57. The fourth-order valence-corrected chi connectivity index (χ4v) is 2.65. The molecule has 1 rings (SSSR count). The molecule has 0 radical (unpaired) electrons. The number of nitrogens with one attached hydrogen (secondary N) is 1. The van der Waals surface area contributed by atoms with Crippen molar-refractivity contribution >= 4 is 37.8 Å². The van der Waals surface area contributed by atoms with Gasteiger partial charge in [0.05, 0.1) is 10.1 Å². The molecule has 1 aromatic carbocycles. The van der Waals surface area contributed by atoms with Crippen LogP contribution in [0.15, 0.2) is 27.1 Å². The van der Waals surface area contributed by atoms with Crippen LogP contribution < -0.4 is 10.1 Å². The van der Waals surface area contributed by atoms with E-state index in [9.17, 15) is 9.90 Å². The van der Waals surface area contributed by atoms with Crippen molar-refractivity contribution in [3.63, 3.8) is 0 Å². The van der Waals surface area contributed by atoms with Crippen molar-refractivity contribution in [1.82, 2.24) is 5.32 Å². The number of halogens is 2. The van der Waals surface area contributed by atoms with Gasteiger partial charge in [-0.3, -0.25) is 4.79 Å². The summed E-state index contributed by atoms with van der Waals surface area (Å²) in [5, 5.41) is 12.6. The zero-order chi connectivity index (χ0) is 15.9. The van der Waals surface area contributed by atoms with Gasteiger partial charge in [0.1, 0.15) is 5.75 Å². The predicted molar refractivity (Wildman–Crippen MR) is 87.5 cm³/mol. The minimum atomic E-state index is -0.996. The van der Waals surface area contributed by atoms with Crippen molar-refractivity contribution in [2.24, 2.45) is 0 Å². The van der Waals surface area contributed by atoms with Crippen molar-refractivity contribution in [1.29, 1.82) is 0 Å². The van der Waals surface area contributed by atoms with Gasteiger partial charge in [0, 0.05) is 31.2 Å². The molecule has 1 atom stereocenters. The molecular weight excluding hydrogens is 406 g/mol. The molecule has 0 aliphatic heterocycles. The lowest BCUT2D eigenvalue weighted by Crippen LogP contribution is -2.42. The van der Waals surface area contributed by atoms with Gasteiger partial charge in [0.25, 0.3) is 5.91 Å². The summed E-state index contributed by atoms with van der Waals surface area (Å²) in [6, 6.07) is 5.42. The SMILES string of the molecule is COCCC(C)(O)CNC(=O)COc1ccc(Br)cc1Br. The number of hydrogen-bond donors (Lipinski definition) is 2. The van der Waals surface area contributed by atoms with Crippen LogP contribution in [0.1, 0.15) is 13.3 Å². The summed E-state index contributed by atoms with van der Waals surface area (Å²) in [5.74, 6) is 0.294. The van der Waals surface area contributed by atoms with E-state index in [1.54, 1.807) is 20.1 Å². The minimum absolute atomic E-state index is 0.111. The van der Waals surface area contributed by atoms with Gasteiger partial charge >= 0.3 is 0 Å². The van der Waals surface area contributed by atoms with Crippen molar-refractivity contribution in [2.45, 2.75) is 18.9 Å². The maximum absolute atomic E-state index is 11.7. The Kier molecular flexibility index (Phi) is 7.65. The van der Waals surface area contributed by atoms with E-state index in [0.717, 1.165) is 8.95 Å². The molecule has 5 nitrogen and oxygen atoms in total. The van der Waals surface area contributed by atoms with E-state index in [4.69, 9.17) is 9.47 Å². The molecule has 118 valence electrons. The van der Waals surface area contributed by atoms with Gasteiger partial charge in [-0.2, -0.15) is 0 Å². The van der Waals surface area contributed by atoms with E-state index in [1.165, 1.54) is 0 Å². The van der Waals surface area contributed by atoms with Crippen LogP contribution in [0, 0.1) is 0 Å². The molecule has 0 aliphatic carbocycles. The zero-order valence-corrected chi connectivity index (χ0v) is 15.2. The van der Waals surface area contributed by atoms with Crippen LogP contribution in [0.3, 0.4) is 0 Å². The molecule has 1 unspecified atom stereocenters. The molecular formula is C14H19Br2NO4. The van der Waals surface area contributed by atoms with Crippen LogP contribution in [-0.2, 0) is 9.53 Å². The van der Waals surface area contributed by atoms with E-state index in [2.05, 4.69) is 37.2 Å². The van der Waals surface area contributed by atoms with Gasteiger partial charge in [0.2, 0.25) is 0 Å². The van der Waals surface area contributed by atoms with Crippen molar-refractivity contribution < 1.29 is 19.4 Å². The van der Waals surface area contributed by atoms with Crippen LogP contribution in [0.2, 0.25) is 0 Å². The summed E-state index contributed by atoms with van der Waals surface area (Å²) >= 11 is 6.70. The monoisotopic (exact) mass is 423 g/mol. The Balaban J connectivity index is 2.37. The molecule has 21 heavy (non-hydrogen) atoms. The number of aliphatic hydroxyl groups is 1. The molecule has 1 aromatic rings. The van der Waals surface area contributed by atoms with Crippen molar-refractivity contribution in [3.8, 4) is 5.75 Å². The maximum atomic E-state index is 11.7. The minimum Gasteiger partial charge on any atom is -0.483 e. The summed E-state index contributed by atoms with van der Waals surface area (Å²) in [6.07, 6.45) is 0.447. The Morgan fingerprint density at radius 2 is 2.14 bits per heavy atom. The van der Waals surface area contributed by atoms with Crippen LogP contribution >= 0.6 is 31.9 Å². The van der Waals surface area contributed by atoms with Gasteiger partial charge in [-0.15, -0.1) is 0 Å². The van der Waals surface area contributed by atoms with Crippen molar-refractivity contribution in [3.05, 3.63) is 27.1 Å². The van der Waals surface area contributed by atoms with Gasteiger partial charge in [-0.25, -0.2) is 0 Å². The number of carbonyl (C=O) groups is 1. The highest BCUT2D eigenvalue weighted by atomic mass is 79.9. The Morgan fingerprint density at radius 3 is 2.76 bits per heavy atom. The van der Waals surface area contributed by atoms with Crippen LogP contribution in [0.4, 0.5) is 0 Å². The molecule has 0 bridgehead atoms. The highest BCUT2D eigenvalue weighted by Gasteiger charge is 2.20. The largest absolute Gasteiger partial charge is 0.483 e. The molecule has 1 amide bonds. The Hall–Kier alpha value is -0.630. The molecule has 0 fully saturated rings. The first-order valence-corrected chi connectivity index (χ1v) is 7.98. The first-order valence-electron chi connectivity index (χ1n) is 6.40. The standard InChI is InChI=1S/C14H19Br2NO4/c1-14(19,5-6-20-2)9-17-13(18)8-21-12-4-3-10(15)7-11(12)16/h3-4,7,19H,5-6,8-9H2,1-2H3,(H,17,18). The molecule has 0 saturated heterocycles. The van der Waals surface area contributed by atoms with Crippen LogP contribution in [0.5, 0.6) is 5.75 Å². The topological polar surface area (TPSA) is 67.8 Å². The molecule has 0 saturated carbocycles. The maximum Gasteiger partial charge on any atom is 0.258 e. The van der Waals surface area contributed by atoms with E-state index >= 15 is 0 Å². The molecule has 0 aliphatic rings. The second kappa shape index (κ2) is 8.73. The number of benzene rings is 1. The zero-order valence-electron chi connectivity index (χ0n) is 12.0. The predicted octanol–water partition coefficient (Wildman–Crippen LogP) is 2.49. The Morgan fingerprint density at radius 1 is 1.43 bits per heavy atom. The molecule has 2 N–H and O–H groups in total. The van der Waals surface area contributed by atoms with Crippen LogP contribution in [0.25, 0.3) is 0 Å². The lowest BCUT2D eigenvalue weighted by Gasteiger charge is -2.23. The number of hydrogen-bond acceptors (Lipinski definition) is 4. The highest BCUT2D eigenvalue weighted by molar-refractivity contribution is 9.11. The molecule has 0 heterocycles. The quantitative estimate of drug-likeness (QED) is 0.672. The van der Waals surface area contributed by atoms with E-state index < -0.39 is 5.60 Å². The second-order valence-electron chi connectivity index (χ2n) is 4.88. The van der Waals surface area contributed by atoms with Crippen LogP contribution in [-0.4, -0.2) is 43.5 Å². The smallest absolute Gasteiger partial charge is 0.258 e. The number of amides is 1. The fraction of sp³-hybridized carbons (Fsp3) is 0.500. The summed E-state index contributed by atoms with van der Waals surface area (Å²) < 4.78 is 12.0. The third-order valence-electron chi connectivity index (χ3n) is 2.76. The third-order valence-corrected chi connectivity index (χ3v) is 3.88. The second-order valence-corrected chi connectivity index (χ2v) is 6.65. The van der Waals surface area contributed by atoms with E-state index in [0.29, 0.717) is 18.8 Å². The number of methoxy groups -OCH3 is 1. The van der Waals surface area contributed by atoms with Crippen molar-refractivity contribution in [2.75, 3.05) is 26.9 Å². The Bertz CT molecular complexity index is 480. The number of rotatable bonds is 8. The molecule has 0 spiro atoms. The van der Waals surface area contributed by atoms with Gasteiger partial charge in [0.15, 0.2) is 6.61 Å². The Labute approximate surface area is 141 Å². The van der Waals surface area contributed by atoms with Gasteiger partial charge < -0.3 is 19.9 Å². The first kappa shape index (κ1) is 18.4. The molecule has 7 heteroatoms. The average Bonchev–Trinajstić information content (AvgIpc) is 2.42. The fourth-order valence-electron chi connectivity index (χ4n) is 1.49. The summed E-state index contributed by atoms with van der Waals surface area (Å²) in [6.45, 7) is 2.13. The summed E-state index contributed by atoms with van der Waals surface area (Å²) in [5.41, 5.74) is -0.996. The van der Waals surface area contributed by atoms with Gasteiger partial charge in [-0.05, 0) is 41.1 Å². The number of carbonyl (C=O) groups excluding carboxylic acids is 1. The number of ether oxygens (including phenoxy) is 2. The highest BCUT2D eigenvalue weighted by Crippen LogP contribution is 2.28. The van der Waals surface area contributed by atoms with E-state index in [-0.39, 0.29) is 19.1 Å². The summed E-state index contributed by atoms with van der Waals surface area (Å²) in [4.78, 5) is 11.7. The lowest BCUT2D eigenvalue weighted by molar-refractivity contribution is -0.124. The lowest BCUT2D eigenvalue weighted by atomic mass is 10.0. The van der Waals surface area contributed by atoms with E-state index in [1.807, 2.05) is 12.1 Å². The average molecular weight is 425 g/mol. The normalized spacial score (nSPS) is 13.6. The first-order chi connectivity index (χ1) is 9.84.